The normalized spacial score (nSPS) is 33.6. The van der Waals surface area contributed by atoms with Gasteiger partial charge in [0, 0.05) is 6.04 Å². The average molecular weight is 231 g/mol. The second kappa shape index (κ2) is 4.02. The van der Waals surface area contributed by atoms with E-state index < -0.39 is 0 Å². The first-order chi connectivity index (χ1) is 8.20. The molecule has 1 aromatic carbocycles. The summed E-state index contributed by atoms with van der Waals surface area (Å²) in [6, 6.07) is 8.69. The Balaban J connectivity index is 1.95. The number of phenolic OH excluding ortho intramolecular Hbond substituents is 1. The molecule has 1 aliphatic carbocycles. The van der Waals surface area contributed by atoms with Crippen LogP contribution in [0.3, 0.4) is 0 Å². The molecule has 0 unspecified atom stereocenters. The molecule has 0 amide bonds. The Morgan fingerprint density at radius 2 is 2.24 bits per heavy atom. The van der Waals surface area contributed by atoms with Crippen LogP contribution in [0.15, 0.2) is 24.3 Å². The zero-order valence-electron chi connectivity index (χ0n) is 10.5. The lowest BCUT2D eigenvalue weighted by Gasteiger charge is -2.49. The molecule has 2 nitrogen and oxygen atoms in total. The number of likely N-dealkylation sites (tertiary alicyclic amines) is 1. The number of nitrogens with zero attached hydrogens (tertiary/aromatic N) is 1. The first kappa shape index (κ1) is 11.1. The molecule has 17 heavy (non-hydrogen) atoms. The van der Waals surface area contributed by atoms with Gasteiger partial charge in [0.15, 0.2) is 0 Å². The highest BCUT2D eigenvalue weighted by atomic mass is 16.3. The number of fused-ring (bicyclic) bond motifs is 2. The van der Waals surface area contributed by atoms with Crippen molar-refractivity contribution in [3.05, 3.63) is 29.8 Å². The molecule has 2 bridgehead atoms. The van der Waals surface area contributed by atoms with E-state index in [1.165, 1.54) is 44.2 Å². The van der Waals surface area contributed by atoms with Crippen LogP contribution in [0.25, 0.3) is 0 Å². The lowest BCUT2D eigenvalue weighted by atomic mass is 9.63. The van der Waals surface area contributed by atoms with Crippen molar-refractivity contribution in [2.75, 3.05) is 13.6 Å². The zero-order valence-corrected chi connectivity index (χ0v) is 10.5. The highest BCUT2D eigenvalue weighted by Crippen LogP contribution is 2.46. The van der Waals surface area contributed by atoms with Crippen molar-refractivity contribution in [1.82, 2.24) is 4.90 Å². The van der Waals surface area contributed by atoms with Crippen LogP contribution in [0.4, 0.5) is 0 Å². The van der Waals surface area contributed by atoms with E-state index in [9.17, 15) is 5.11 Å². The van der Waals surface area contributed by atoms with Gasteiger partial charge in [0.25, 0.3) is 0 Å². The minimum absolute atomic E-state index is 0.341. The molecule has 2 aliphatic rings. The third-order valence-electron chi connectivity index (χ3n) is 4.84. The van der Waals surface area contributed by atoms with Crippen molar-refractivity contribution in [1.29, 1.82) is 0 Å². The molecule has 1 saturated carbocycles. The largest absolute Gasteiger partial charge is 0.508 e. The summed E-state index contributed by atoms with van der Waals surface area (Å²) in [5.41, 5.74) is 1.70. The number of phenols is 1. The molecule has 3 rings (SSSR count). The summed E-state index contributed by atoms with van der Waals surface area (Å²) in [4.78, 5) is 2.51. The van der Waals surface area contributed by atoms with Crippen molar-refractivity contribution in [3.8, 4) is 5.75 Å². The lowest BCUT2D eigenvalue weighted by Crippen LogP contribution is -2.50. The predicted octanol–water partition coefficient (Wildman–Crippen LogP) is 2.91. The fraction of sp³-hybridized carbons (Fsp3) is 0.600. The fourth-order valence-electron chi connectivity index (χ4n) is 3.75. The van der Waals surface area contributed by atoms with E-state index in [0.29, 0.717) is 11.2 Å². The van der Waals surface area contributed by atoms with E-state index in [-0.39, 0.29) is 0 Å². The van der Waals surface area contributed by atoms with Crippen LogP contribution in [-0.2, 0) is 5.41 Å². The van der Waals surface area contributed by atoms with Crippen molar-refractivity contribution < 1.29 is 5.11 Å². The smallest absolute Gasteiger partial charge is 0.115 e. The Morgan fingerprint density at radius 3 is 3.06 bits per heavy atom. The molecule has 2 fully saturated rings. The number of benzene rings is 1. The van der Waals surface area contributed by atoms with Gasteiger partial charge in [-0.3, -0.25) is 0 Å². The van der Waals surface area contributed by atoms with E-state index in [0.717, 1.165) is 6.04 Å². The molecule has 1 aliphatic heterocycles. The third kappa shape index (κ3) is 1.85. The Morgan fingerprint density at radius 1 is 1.35 bits per heavy atom. The van der Waals surface area contributed by atoms with Gasteiger partial charge in [-0.25, -0.2) is 0 Å². The summed E-state index contributed by atoms with van der Waals surface area (Å²) < 4.78 is 0. The quantitative estimate of drug-likeness (QED) is 0.803. The summed E-state index contributed by atoms with van der Waals surface area (Å²) in [7, 11) is 2.25. The van der Waals surface area contributed by atoms with Crippen molar-refractivity contribution in [2.24, 2.45) is 0 Å². The minimum Gasteiger partial charge on any atom is -0.508 e. The summed E-state index contributed by atoms with van der Waals surface area (Å²) >= 11 is 0. The topological polar surface area (TPSA) is 23.5 Å². The van der Waals surface area contributed by atoms with Crippen LogP contribution >= 0.6 is 0 Å². The number of hydrogen-bond acceptors (Lipinski definition) is 2. The van der Waals surface area contributed by atoms with E-state index in [1.807, 2.05) is 12.1 Å². The molecule has 1 N–H and O–H groups in total. The van der Waals surface area contributed by atoms with Crippen LogP contribution in [-0.4, -0.2) is 29.6 Å². The highest BCUT2D eigenvalue weighted by Gasteiger charge is 2.42. The van der Waals surface area contributed by atoms with Crippen LogP contribution in [0, 0.1) is 0 Å². The molecule has 2 atom stereocenters. The van der Waals surface area contributed by atoms with Crippen molar-refractivity contribution in [3.63, 3.8) is 0 Å². The van der Waals surface area contributed by atoms with Crippen LogP contribution in [0.2, 0.25) is 0 Å². The van der Waals surface area contributed by atoms with Gasteiger partial charge in [-0.05, 0) is 62.4 Å². The van der Waals surface area contributed by atoms with Crippen LogP contribution < -0.4 is 0 Å². The minimum atomic E-state index is 0.341. The Bertz CT molecular complexity index is 417. The maximum absolute atomic E-state index is 9.68. The lowest BCUT2D eigenvalue weighted by molar-refractivity contribution is 0.0719. The molecule has 2 heteroatoms. The molecule has 0 spiro atoms. The Hall–Kier alpha value is -1.02. The summed E-state index contributed by atoms with van der Waals surface area (Å²) in [6.07, 6.45) is 6.47. The van der Waals surface area contributed by atoms with Gasteiger partial charge in [-0.2, -0.15) is 0 Å². The zero-order chi connectivity index (χ0) is 11.9. The molecule has 1 aromatic rings. The number of rotatable bonds is 1. The molecule has 0 aromatic heterocycles. The van der Waals surface area contributed by atoms with E-state index in [2.05, 4.69) is 18.0 Å². The maximum Gasteiger partial charge on any atom is 0.115 e. The number of hydrogen-bond donors (Lipinski definition) is 1. The number of piperidine rings is 1. The average Bonchev–Trinajstić information content (AvgIpc) is 2.35. The molecule has 1 heterocycles. The predicted molar refractivity (Wildman–Crippen MR) is 69.3 cm³/mol. The second-order valence-corrected chi connectivity index (χ2v) is 5.81. The van der Waals surface area contributed by atoms with Gasteiger partial charge in [-0.15, -0.1) is 0 Å². The summed E-state index contributed by atoms with van der Waals surface area (Å²) in [5.74, 6) is 0.415. The summed E-state index contributed by atoms with van der Waals surface area (Å²) in [6.45, 7) is 1.19. The van der Waals surface area contributed by atoms with Crippen LogP contribution in [0.5, 0.6) is 5.75 Å². The fourth-order valence-corrected chi connectivity index (χ4v) is 3.75. The SMILES string of the molecule is CN1CC[C@]2(c3cccc(O)c3)CCC[C@H]1C2. The first-order valence-corrected chi connectivity index (χ1v) is 6.69. The number of aromatic hydroxyl groups is 1. The third-order valence-corrected chi connectivity index (χ3v) is 4.84. The van der Waals surface area contributed by atoms with E-state index >= 15 is 0 Å². The molecule has 92 valence electrons. The Labute approximate surface area is 103 Å². The van der Waals surface area contributed by atoms with E-state index in [1.54, 1.807) is 6.07 Å². The first-order valence-electron chi connectivity index (χ1n) is 6.69. The Kier molecular flexibility index (Phi) is 2.62. The van der Waals surface area contributed by atoms with Gasteiger partial charge < -0.3 is 10.0 Å². The van der Waals surface area contributed by atoms with Gasteiger partial charge in [0.05, 0.1) is 0 Å². The van der Waals surface area contributed by atoms with E-state index in [4.69, 9.17) is 0 Å². The molecular weight excluding hydrogens is 210 g/mol. The van der Waals surface area contributed by atoms with Gasteiger partial charge >= 0.3 is 0 Å². The van der Waals surface area contributed by atoms with Crippen molar-refractivity contribution in [2.45, 2.75) is 43.6 Å². The van der Waals surface area contributed by atoms with Gasteiger partial charge in [0.2, 0.25) is 0 Å². The molecular formula is C15H21NO. The van der Waals surface area contributed by atoms with Gasteiger partial charge in [-0.1, -0.05) is 18.6 Å². The van der Waals surface area contributed by atoms with Gasteiger partial charge in [0.1, 0.15) is 5.75 Å². The standard InChI is InChI=1S/C15H21NO/c1-16-9-8-15(7-3-5-13(16)11-15)12-4-2-6-14(17)10-12/h2,4,6,10,13,17H,3,5,7-9,11H2,1H3/t13-,15+/m0/s1. The molecule has 1 saturated heterocycles. The van der Waals surface area contributed by atoms with Crippen LogP contribution in [0.1, 0.15) is 37.7 Å². The second-order valence-electron chi connectivity index (χ2n) is 5.81. The van der Waals surface area contributed by atoms with Crippen molar-refractivity contribution >= 4 is 0 Å². The maximum atomic E-state index is 9.68. The highest BCUT2D eigenvalue weighted by molar-refractivity contribution is 5.34. The molecule has 0 radical (unpaired) electrons. The summed E-state index contributed by atoms with van der Waals surface area (Å²) in [5, 5.41) is 9.68. The monoisotopic (exact) mass is 231 g/mol.